The van der Waals surface area contributed by atoms with Crippen molar-refractivity contribution in [3.8, 4) is 11.1 Å². The van der Waals surface area contributed by atoms with Gasteiger partial charge in [-0.3, -0.25) is 4.79 Å². The molecule has 4 heteroatoms. The first-order valence-electron chi connectivity index (χ1n) is 10.4. The van der Waals surface area contributed by atoms with Gasteiger partial charge in [-0.1, -0.05) is 78.4 Å². The van der Waals surface area contributed by atoms with Gasteiger partial charge in [-0.15, -0.1) is 0 Å². The summed E-state index contributed by atoms with van der Waals surface area (Å²) in [7, 11) is 0. The van der Waals surface area contributed by atoms with Crippen molar-refractivity contribution in [3.05, 3.63) is 123 Å². The topological polar surface area (TPSA) is 55.1 Å². The Morgan fingerprint density at radius 2 is 1.45 bits per heavy atom. The third kappa shape index (κ3) is 4.21. The molecular weight excluding hydrogens is 384 g/mol. The highest BCUT2D eigenvalue weighted by molar-refractivity contribution is 5.74. The normalized spacial score (nSPS) is 12.0. The van der Waals surface area contributed by atoms with E-state index in [0.717, 1.165) is 33.4 Å². The molecule has 1 unspecified atom stereocenters. The lowest BCUT2D eigenvalue weighted by molar-refractivity contribution is 0.219. The van der Waals surface area contributed by atoms with Gasteiger partial charge in [0.1, 0.15) is 6.10 Å². The van der Waals surface area contributed by atoms with Gasteiger partial charge in [0, 0.05) is 5.56 Å². The second-order valence-corrected chi connectivity index (χ2v) is 8.01. The van der Waals surface area contributed by atoms with Gasteiger partial charge < -0.3 is 5.11 Å². The SMILES string of the molecule is Cc1cc(C)c(-c2c(C(O)c3ccccc3)cnn(Cc3ccccc3)c2=O)c(C)c1. The molecule has 0 aliphatic carbocycles. The van der Waals surface area contributed by atoms with Crippen molar-refractivity contribution >= 4 is 0 Å². The predicted molar refractivity (Wildman–Crippen MR) is 124 cm³/mol. The molecule has 0 saturated heterocycles. The van der Waals surface area contributed by atoms with Gasteiger partial charge in [-0.25, -0.2) is 4.68 Å². The fraction of sp³-hybridized carbons (Fsp3) is 0.185. The summed E-state index contributed by atoms with van der Waals surface area (Å²) >= 11 is 0. The fourth-order valence-electron chi connectivity index (χ4n) is 4.22. The summed E-state index contributed by atoms with van der Waals surface area (Å²) in [6, 6.07) is 23.3. The van der Waals surface area contributed by atoms with E-state index in [-0.39, 0.29) is 5.56 Å². The van der Waals surface area contributed by atoms with Crippen LogP contribution in [0, 0.1) is 20.8 Å². The Bertz CT molecular complexity index is 1240. The van der Waals surface area contributed by atoms with E-state index in [1.807, 2.05) is 81.4 Å². The van der Waals surface area contributed by atoms with Crippen molar-refractivity contribution in [3.63, 3.8) is 0 Å². The fourth-order valence-corrected chi connectivity index (χ4v) is 4.22. The van der Waals surface area contributed by atoms with E-state index in [0.29, 0.717) is 17.7 Å². The van der Waals surface area contributed by atoms with Crippen molar-refractivity contribution in [1.82, 2.24) is 9.78 Å². The van der Waals surface area contributed by atoms with Crippen LogP contribution in [0.4, 0.5) is 0 Å². The summed E-state index contributed by atoms with van der Waals surface area (Å²) in [5, 5.41) is 15.6. The standard InChI is InChI=1S/C27H26N2O2/c1-18-14-19(2)24(20(3)15-18)25-23(26(30)22-12-8-5-9-13-22)16-28-29(27(25)31)17-21-10-6-4-7-11-21/h4-16,26,30H,17H2,1-3H3. The first-order valence-corrected chi connectivity index (χ1v) is 10.4. The number of hydrogen-bond acceptors (Lipinski definition) is 3. The van der Waals surface area contributed by atoms with E-state index in [1.54, 1.807) is 6.20 Å². The van der Waals surface area contributed by atoms with Crippen LogP contribution in [0.1, 0.15) is 39.5 Å². The minimum absolute atomic E-state index is 0.202. The Balaban J connectivity index is 1.94. The first kappa shape index (κ1) is 20.8. The molecule has 1 N–H and O–H groups in total. The molecular formula is C27H26N2O2. The van der Waals surface area contributed by atoms with Crippen molar-refractivity contribution in [1.29, 1.82) is 0 Å². The molecule has 0 bridgehead atoms. The van der Waals surface area contributed by atoms with Gasteiger partial charge in [-0.05, 0) is 48.6 Å². The van der Waals surface area contributed by atoms with Crippen LogP contribution in [-0.2, 0) is 6.54 Å². The number of aliphatic hydroxyl groups is 1. The summed E-state index contributed by atoms with van der Waals surface area (Å²) in [5.41, 5.74) is 6.58. The van der Waals surface area contributed by atoms with Crippen molar-refractivity contribution < 1.29 is 5.11 Å². The van der Waals surface area contributed by atoms with Crippen molar-refractivity contribution in [2.45, 2.75) is 33.4 Å². The summed E-state index contributed by atoms with van der Waals surface area (Å²) in [4.78, 5) is 13.7. The molecule has 1 aromatic heterocycles. The van der Waals surface area contributed by atoms with Crippen LogP contribution in [0.25, 0.3) is 11.1 Å². The highest BCUT2D eigenvalue weighted by Gasteiger charge is 2.23. The molecule has 0 amide bonds. The van der Waals surface area contributed by atoms with E-state index in [9.17, 15) is 9.90 Å². The Labute approximate surface area is 182 Å². The maximum atomic E-state index is 13.7. The highest BCUT2D eigenvalue weighted by atomic mass is 16.3. The van der Waals surface area contributed by atoms with Crippen LogP contribution in [0.2, 0.25) is 0 Å². The van der Waals surface area contributed by atoms with Crippen LogP contribution in [-0.4, -0.2) is 14.9 Å². The summed E-state index contributed by atoms with van der Waals surface area (Å²) in [6.07, 6.45) is 0.693. The third-order valence-electron chi connectivity index (χ3n) is 5.59. The molecule has 0 radical (unpaired) electrons. The number of hydrogen-bond donors (Lipinski definition) is 1. The molecule has 0 spiro atoms. The van der Waals surface area contributed by atoms with Crippen LogP contribution >= 0.6 is 0 Å². The smallest absolute Gasteiger partial charge is 0.275 e. The lowest BCUT2D eigenvalue weighted by atomic mass is 9.89. The predicted octanol–water partition coefficient (Wildman–Crippen LogP) is 4.97. The molecule has 156 valence electrons. The summed E-state index contributed by atoms with van der Waals surface area (Å²) in [6.45, 7) is 6.44. The molecule has 1 heterocycles. The quantitative estimate of drug-likeness (QED) is 0.506. The molecule has 0 aliphatic heterocycles. The lowest BCUT2D eigenvalue weighted by Gasteiger charge is -2.20. The monoisotopic (exact) mass is 410 g/mol. The van der Waals surface area contributed by atoms with Gasteiger partial charge in [0.15, 0.2) is 0 Å². The van der Waals surface area contributed by atoms with Gasteiger partial charge in [-0.2, -0.15) is 5.10 Å². The Kier molecular flexibility index (Phi) is 5.83. The van der Waals surface area contributed by atoms with E-state index in [2.05, 4.69) is 17.2 Å². The zero-order chi connectivity index (χ0) is 22.0. The maximum Gasteiger partial charge on any atom is 0.275 e. The van der Waals surface area contributed by atoms with Gasteiger partial charge in [0.05, 0.1) is 18.3 Å². The Hall–Kier alpha value is -3.50. The van der Waals surface area contributed by atoms with Crippen molar-refractivity contribution in [2.24, 2.45) is 0 Å². The molecule has 3 aromatic carbocycles. The van der Waals surface area contributed by atoms with Crippen LogP contribution in [0.15, 0.2) is 83.8 Å². The minimum Gasteiger partial charge on any atom is -0.384 e. The Morgan fingerprint density at radius 3 is 2.06 bits per heavy atom. The number of benzene rings is 3. The molecule has 31 heavy (non-hydrogen) atoms. The van der Waals surface area contributed by atoms with Crippen LogP contribution in [0.5, 0.6) is 0 Å². The number of nitrogens with zero attached hydrogens (tertiary/aromatic N) is 2. The average Bonchev–Trinajstić information content (AvgIpc) is 2.76. The summed E-state index contributed by atoms with van der Waals surface area (Å²) < 4.78 is 1.48. The first-order chi connectivity index (χ1) is 15.0. The van der Waals surface area contributed by atoms with Crippen LogP contribution in [0.3, 0.4) is 0 Å². The van der Waals surface area contributed by atoms with Gasteiger partial charge >= 0.3 is 0 Å². The van der Waals surface area contributed by atoms with Gasteiger partial charge in [0.25, 0.3) is 5.56 Å². The summed E-state index contributed by atoms with van der Waals surface area (Å²) in [5.74, 6) is 0. The molecule has 4 nitrogen and oxygen atoms in total. The van der Waals surface area contributed by atoms with Gasteiger partial charge in [0.2, 0.25) is 0 Å². The maximum absolute atomic E-state index is 13.7. The molecule has 4 rings (SSSR count). The highest BCUT2D eigenvalue weighted by Crippen LogP contribution is 2.33. The molecule has 4 aromatic rings. The lowest BCUT2D eigenvalue weighted by Crippen LogP contribution is -2.27. The van der Waals surface area contributed by atoms with E-state index in [4.69, 9.17) is 0 Å². The molecule has 0 aliphatic rings. The average molecular weight is 411 g/mol. The van der Waals surface area contributed by atoms with E-state index >= 15 is 0 Å². The third-order valence-corrected chi connectivity index (χ3v) is 5.59. The molecule has 1 atom stereocenters. The number of aromatic nitrogens is 2. The zero-order valence-corrected chi connectivity index (χ0v) is 18.0. The number of rotatable bonds is 5. The zero-order valence-electron chi connectivity index (χ0n) is 18.0. The van der Waals surface area contributed by atoms with Crippen molar-refractivity contribution in [2.75, 3.05) is 0 Å². The second kappa shape index (κ2) is 8.70. The second-order valence-electron chi connectivity index (χ2n) is 8.01. The minimum atomic E-state index is -0.942. The molecule has 0 saturated carbocycles. The van der Waals surface area contributed by atoms with E-state index < -0.39 is 6.10 Å². The Morgan fingerprint density at radius 1 is 0.871 bits per heavy atom. The molecule has 0 fully saturated rings. The van der Waals surface area contributed by atoms with Crippen LogP contribution < -0.4 is 5.56 Å². The largest absolute Gasteiger partial charge is 0.384 e. The van der Waals surface area contributed by atoms with E-state index in [1.165, 1.54) is 4.68 Å². The number of aryl methyl sites for hydroxylation is 3. The number of aliphatic hydroxyl groups excluding tert-OH is 1.